The Labute approximate surface area is 128 Å². The normalized spacial score (nSPS) is 11.0. The fraction of sp³-hybridized carbons (Fsp3) is 0.167. The zero-order valence-electron chi connectivity index (χ0n) is 10.8. The van der Waals surface area contributed by atoms with Crippen molar-refractivity contribution in [3.63, 3.8) is 0 Å². The number of nitrogens with one attached hydrogen (secondary N) is 1. The molecular weight excluding hydrogens is 286 g/mol. The Balaban J connectivity index is 0.00000220. The van der Waals surface area contributed by atoms with Gasteiger partial charge in [0.25, 0.3) is 5.91 Å². The largest absolute Gasteiger partial charge is 1.00 e. The number of furan rings is 1. The van der Waals surface area contributed by atoms with Gasteiger partial charge in [0.2, 0.25) is 0 Å². The van der Waals surface area contributed by atoms with Crippen LogP contribution < -0.4 is 29.3 Å². The Morgan fingerprint density at radius 3 is 2.48 bits per heavy atom. The van der Waals surface area contributed by atoms with Crippen LogP contribution >= 0.6 is 0 Å². The van der Waals surface area contributed by atoms with E-state index in [1.807, 2.05) is 5.32 Å². The molecule has 1 aromatic heterocycles. The third kappa shape index (κ3) is 4.03. The number of carboxylic acids is 1. The van der Waals surface area contributed by atoms with E-state index in [9.17, 15) is 27.9 Å². The van der Waals surface area contributed by atoms with E-state index < -0.39 is 23.6 Å². The first-order valence-electron chi connectivity index (χ1n) is 5.36. The number of carbonyl (C=O) groups is 2. The van der Waals surface area contributed by atoms with Gasteiger partial charge >= 0.3 is 25.0 Å². The number of carboxylic acid groups (broad SMARTS) is 1. The third-order valence-corrected chi connectivity index (χ3v) is 2.50. The molecule has 0 unspecified atom stereocenters. The van der Waals surface area contributed by atoms with E-state index in [0.717, 1.165) is 18.2 Å². The number of halogens is 3. The van der Waals surface area contributed by atoms with Gasteiger partial charge in [-0.25, -0.2) is 0 Å². The molecule has 1 aromatic carbocycles. The Kier molecular flexibility index (Phi) is 5.09. The van der Waals surface area contributed by atoms with Crippen LogP contribution in [0.3, 0.4) is 0 Å². The molecule has 9 heteroatoms. The van der Waals surface area contributed by atoms with Gasteiger partial charge in [-0.3, -0.25) is 4.79 Å². The van der Waals surface area contributed by atoms with E-state index in [4.69, 9.17) is 4.42 Å². The number of hydrogen-bond donors (Lipinski definition) is 1. The summed E-state index contributed by atoms with van der Waals surface area (Å²) < 4.78 is 42.7. The third-order valence-electron chi connectivity index (χ3n) is 2.50. The van der Waals surface area contributed by atoms with Gasteiger partial charge in [0.15, 0.2) is 0 Å². The minimum atomic E-state index is -4.46. The molecule has 1 N–H and O–H groups in total. The molecule has 0 saturated heterocycles. The molecule has 0 saturated carbocycles. The summed E-state index contributed by atoms with van der Waals surface area (Å²) in [5.41, 5.74) is -0.619. The minimum Gasteiger partial charge on any atom is -0.540 e. The molecule has 106 valence electrons. The molecule has 0 bridgehead atoms. The topological polar surface area (TPSA) is 82.4 Å². The van der Waals surface area contributed by atoms with Crippen molar-refractivity contribution in [1.29, 1.82) is 0 Å². The van der Waals surface area contributed by atoms with Crippen LogP contribution in [0.2, 0.25) is 0 Å². The number of fused-ring (bicyclic) bond motifs is 1. The molecule has 0 radical (unpaired) electrons. The first kappa shape index (κ1) is 17.1. The van der Waals surface area contributed by atoms with Crippen molar-refractivity contribution in [3.05, 3.63) is 35.6 Å². The van der Waals surface area contributed by atoms with Gasteiger partial charge in [-0.2, -0.15) is 13.2 Å². The van der Waals surface area contributed by atoms with E-state index in [1.54, 1.807) is 0 Å². The van der Waals surface area contributed by atoms with Crippen LogP contribution in [-0.4, -0.2) is 11.9 Å². The van der Waals surface area contributed by atoms with Crippen molar-refractivity contribution in [3.8, 4) is 0 Å². The number of alkyl halides is 3. The maximum Gasteiger partial charge on any atom is 1.00 e. The zero-order chi connectivity index (χ0) is 14.9. The monoisotopic (exact) mass is 293 g/mol. The quantitative estimate of drug-likeness (QED) is 0.504. The van der Waals surface area contributed by atoms with E-state index in [-0.39, 0.29) is 42.1 Å². The van der Waals surface area contributed by atoms with E-state index in [0.29, 0.717) is 0 Å². The van der Waals surface area contributed by atoms with Crippen LogP contribution in [0.25, 0.3) is 11.0 Å². The Morgan fingerprint density at radius 1 is 1.24 bits per heavy atom. The van der Waals surface area contributed by atoms with Crippen molar-refractivity contribution in [2.75, 3.05) is 0 Å². The fourth-order valence-electron chi connectivity index (χ4n) is 1.60. The van der Waals surface area contributed by atoms with Gasteiger partial charge in [0.1, 0.15) is 17.3 Å². The number of rotatable bonds is 2. The number of hydrogen-bond acceptors (Lipinski definition) is 4. The van der Waals surface area contributed by atoms with Gasteiger partial charge in [0.05, 0.1) is 12.1 Å². The van der Waals surface area contributed by atoms with Gasteiger partial charge in [-0.05, 0) is 24.3 Å². The standard InChI is InChI=1S/C12H8F3NO4.Li/c13-12(14,15)7-1-2-9-6(3-7)4-8(20-9)5-16-10(17)11(18)19;/h1-4H,5H2,(H,16,17)(H,18,19);/q;+1/p-1. The van der Waals surface area contributed by atoms with Gasteiger partial charge in [0, 0.05) is 5.39 Å². The van der Waals surface area contributed by atoms with Crippen LogP contribution in [0.5, 0.6) is 0 Å². The molecule has 2 aromatic rings. The number of aliphatic carboxylic acids is 1. The van der Waals surface area contributed by atoms with Crippen molar-refractivity contribution in [2.24, 2.45) is 0 Å². The Bertz CT molecular complexity index is 681. The van der Waals surface area contributed by atoms with Crippen LogP contribution in [0.1, 0.15) is 11.3 Å². The van der Waals surface area contributed by atoms with Crippen LogP contribution in [0.4, 0.5) is 13.2 Å². The summed E-state index contributed by atoms with van der Waals surface area (Å²) in [4.78, 5) is 20.9. The molecular formula is C12H7F3LiNO4. The van der Waals surface area contributed by atoms with Crippen molar-refractivity contribution >= 4 is 22.8 Å². The molecule has 21 heavy (non-hydrogen) atoms. The summed E-state index contributed by atoms with van der Waals surface area (Å²) in [6.45, 7) is -0.261. The minimum absolute atomic E-state index is 0. The summed E-state index contributed by atoms with van der Waals surface area (Å²) in [6, 6.07) is 4.22. The summed E-state index contributed by atoms with van der Waals surface area (Å²) in [5.74, 6) is -3.10. The van der Waals surface area contributed by atoms with Crippen molar-refractivity contribution < 1.29 is 51.1 Å². The molecule has 0 fully saturated rings. The fourth-order valence-corrected chi connectivity index (χ4v) is 1.60. The van der Waals surface area contributed by atoms with E-state index in [2.05, 4.69) is 0 Å². The molecule has 0 atom stereocenters. The summed E-state index contributed by atoms with van der Waals surface area (Å²) >= 11 is 0. The second-order valence-electron chi connectivity index (χ2n) is 3.93. The second-order valence-corrected chi connectivity index (χ2v) is 3.93. The summed E-state index contributed by atoms with van der Waals surface area (Å²) in [7, 11) is 0. The maximum atomic E-state index is 12.5. The predicted octanol–water partition coefficient (Wildman–Crippen LogP) is -2.18. The van der Waals surface area contributed by atoms with Crippen molar-refractivity contribution in [2.45, 2.75) is 12.7 Å². The Hall–Kier alpha value is -1.91. The van der Waals surface area contributed by atoms with Crippen LogP contribution in [0.15, 0.2) is 28.7 Å². The second kappa shape index (κ2) is 6.24. The van der Waals surface area contributed by atoms with Crippen LogP contribution in [-0.2, 0) is 22.3 Å². The number of benzene rings is 1. The molecule has 0 aliphatic heterocycles. The molecule has 0 aliphatic rings. The molecule has 1 amide bonds. The van der Waals surface area contributed by atoms with Gasteiger partial charge in [-0.15, -0.1) is 0 Å². The maximum absolute atomic E-state index is 12.5. The zero-order valence-corrected chi connectivity index (χ0v) is 10.8. The van der Waals surface area contributed by atoms with Crippen molar-refractivity contribution in [1.82, 2.24) is 5.32 Å². The smallest absolute Gasteiger partial charge is 0.540 e. The predicted molar refractivity (Wildman–Crippen MR) is 58.1 cm³/mol. The van der Waals surface area contributed by atoms with E-state index in [1.165, 1.54) is 6.07 Å². The molecule has 2 rings (SSSR count). The Morgan fingerprint density at radius 2 is 1.90 bits per heavy atom. The first-order valence-corrected chi connectivity index (χ1v) is 5.36. The SMILES string of the molecule is O=C([O-])C(=O)NCc1cc2cc(C(F)(F)F)ccc2o1.[Li+]. The molecule has 0 aliphatic carbocycles. The van der Waals surface area contributed by atoms with Gasteiger partial charge < -0.3 is 19.6 Å². The number of carbonyl (C=O) groups excluding carboxylic acids is 2. The molecule has 1 heterocycles. The van der Waals surface area contributed by atoms with Gasteiger partial charge in [-0.1, -0.05) is 0 Å². The molecule has 5 nitrogen and oxygen atoms in total. The summed E-state index contributed by atoms with van der Waals surface area (Å²) in [5, 5.41) is 12.4. The average molecular weight is 293 g/mol. The van der Waals surface area contributed by atoms with Crippen LogP contribution in [0, 0.1) is 0 Å². The first-order chi connectivity index (χ1) is 9.27. The summed E-state index contributed by atoms with van der Waals surface area (Å²) in [6.07, 6.45) is -4.46. The van der Waals surface area contributed by atoms with E-state index >= 15 is 0 Å². The number of amides is 1. The average Bonchev–Trinajstić information content (AvgIpc) is 2.76. The molecule has 0 spiro atoms.